The van der Waals surface area contributed by atoms with E-state index in [0.717, 1.165) is 16.7 Å². The molecule has 0 saturated carbocycles. The van der Waals surface area contributed by atoms with E-state index in [1.807, 2.05) is 54.6 Å². The fourth-order valence-electron chi connectivity index (χ4n) is 2.44. The van der Waals surface area contributed by atoms with Gasteiger partial charge in [-0.2, -0.15) is 0 Å². The zero-order valence-electron chi connectivity index (χ0n) is 15.6. The largest absolute Gasteiger partial charge is 0.444 e. The number of alkyl carbamates (subject to hydrolysis) is 1. The topological polar surface area (TPSA) is 64.6 Å². The molecule has 1 N–H and O–H groups in total. The number of ether oxygens (including phenoxy) is 2. The summed E-state index contributed by atoms with van der Waals surface area (Å²) in [6.07, 6.45) is -1.05. The molecular formula is C21H25NO4. The molecule has 2 aromatic rings. The Morgan fingerprint density at radius 1 is 0.962 bits per heavy atom. The Balaban J connectivity index is 2.05. The molecule has 0 aromatic heterocycles. The van der Waals surface area contributed by atoms with E-state index in [4.69, 9.17) is 9.47 Å². The minimum atomic E-state index is -0.787. The maximum atomic E-state index is 12.0. The number of carbonyl (C=O) groups excluding carboxylic acids is 2. The van der Waals surface area contributed by atoms with Crippen LogP contribution >= 0.6 is 0 Å². The van der Waals surface area contributed by atoms with Gasteiger partial charge in [0, 0.05) is 13.3 Å². The van der Waals surface area contributed by atoms with E-state index in [1.165, 1.54) is 6.92 Å². The zero-order valence-corrected chi connectivity index (χ0v) is 15.6. The Kier molecular flexibility index (Phi) is 6.39. The monoisotopic (exact) mass is 355 g/mol. The normalized spacial score (nSPS) is 12.2. The van der Waals surface area contributed by atoms with Crippen LogP contribution in [0.3, 0.4) is 0 Å². The van der Waals surface area contributed by atoms with Gasteiger partial charge in [-0.15, -0.1) is 0 Å². The molecule has 1 atom stereocenters. The van der Waals surface area contributed by atoms with E-state index in [0.29, 0.717) is 6.42 Å². The molecule has 0 unspecified atom stereocenters. The van der Waals surface area contributed by atoms with Crippen molar-refractivity contribution in [3.63, 3.8) is 0 Å². The summed E-state index contributed by atoms with van der Waals surface area (Å²) in [5.74, 6) is -0.466. The van der Waals surface area contributed by atoms with Gasteiger partial charge >= 0.3 is 12.1 Å². The molecule has 138 valence electrons. The molecule has 5 nitrogen and oxygen atoms in total. The van der Waals surface area contributed by atoms with E-state index in [1.54, 1.807) is 20.8 Å². The van der Waals surface area contributed by atoms with E-state index in [-0.39, 0.29) is 0 Å². The third-order valence-electron chi connectivity index (χ3n) is 3.47. The second kappa shape index (κ2) is 8.52. The van der Waals surface area contributed by atoms with Crippen molar-refractivity contribution < 1.29 is 19.1 Å². The van der Waals surface area contributed by atoms with Gasteiger partial charge in [0.15, 0.2) is 6.23 Å². The van der Waals surface area contributed by atoms with Gasteiger partial charge in [-0.3, -0.25) is 10.1 Å². The Morgan fingerprint density at radius 3 is 2.08 bits per heavy atom. The highest BCUT2D eigenvalue weighted by Crippen LogP contribution is 2.20. The van der Waals surface area contributed by atoms with Crippen molar-refractivity contribution in [1.82, 2.24) is 5.32 Å². The zero-order chi connectivity index (χ0) is 19.2. The minimum absolute atomic E-state index is 0.355. The first kappa shape index (κ1) is 19.5. The molecule has 0 aliphatic carbocycles. The maximum Gasteiger partial charge on any atom is 0.410 e. The fraction of sp³-hybridized carbons (Fsp3) is 0.333. The molecular weight excluding hydrogens is 330 g/mol. The smallest absolute Gasteiger partial charge is 0.410 e. The summed E-state index contributed by atoms with van der Waals surface area (Å²) in [5, 5.41) is 2.60. The second-order valence-electron chi connectivity index (χ2n) is 7.01. The first-order valence-electron chi connectivity index (χ1n) is 8.54. The quantitative estimate of drug-likeness (QED) is 0.641. The molecule has 0 aliphatic heterocycles. The molecule has 0 aliphatic rings. The molecule has 0 bridgehead atoms. The van der Waals surface area contributed by atoms with Crippen LogP contribution in [0.15, 0.2) is 54.6 Å². The first-order valence-corrected chi connectivity index (χ1v) is 8.54. The summed E-state index contributed by atoms with van der Waals surface area (Å²) in [5.41, 5.74) is 2.54. The Labute approximate surface area is 154 Å². The Bertz CT molecular complexity index is 733. The van der Waals surface area contributed by atoms with Crippen molar-refractivity contribution in [2.24, 2.45) is 0 Å². The number of esters is 1. The standard InChI is InChI=1S/C21H25NO4/c1-15(23)25-19(22-20(24)26-21(2,3)4)14-16-10-12-18(13-11-16)17-8-6-5-7-9-17/h5-13,19H,14H2,1-4H3,(H,22,24)/t19-/m0/s1. The summed E-state index contributed by atoms with van der Waals surface area (Å²) < 4.78 is 10.4. The van der Waals surface area contributed by atoms with Crippen LogP contribution in [-0.4, -0.2) is 23.9 Å². The maximum absolute atomic E-state index is 12.0. The van der Waals surface area contributed by atoms with Gasteiger partial charge in [-0.1, -0.05) is 54.6 Å². The van der Waals surface area contributed by atoms with Crippen molar-refractivity contribution >= 4 is 12.1 Å². The fourth-order valence-corrected chi connectivity index (χ4v) is 2.44. The van der Waals surface area contributed by atoms with Crippen LogP contribution in [0.1, 0.15) is 33.3 Å². The van der Waals surface area contributed by atoms with Crippen molar-refractivity contribution in [2.75, 3.05) is 0 Å². The lowest BCUT2D eigenvalue weighted by Gasteiger charge is -2.23. The van der Waals surface area contributed by atoms with Crippen LogP contribution < -0.4 is 5.32 Å². The number of carbonyl (C=O) groups is 2. The third-order valence-corrected chi connectivity index (χ3v) is 3.47. The summed E-state index contributed by atoms with van der Waals surface area (Å²) in [7, 11) is 0. The summed E-state index contributed by atoms with van der Waals surface area (Å²) in [6.45, 7) is 6.63. The molecule has 2 rings (SSSR count). The van der Waals surface area contributed by atoms with Crippen LogP contribution in [0, 0.1) is 0 Å². The number of amides is 1. The van der Waals surface area contributed by atoms with Gasteiger partial charge in [-0.05, 0) is 37.5 Å². The van der Waals surface area contributed by atoms with Crippen LogP contribution in [-0.2, 0) is 20.7 Å². The van der Waals surface area contributed by atoms with Gasteiger partial charge in [0.25, 0.3) is 0 Å². The van der Waals surface area contributed by atoms with Crippen molar-refractivity contribution in [2.45, 2.75) is 45.9 Å². The summed E-state index contributed by atoms with van der Waals surface area (Å²) in [4.78, 5) is 23.3. The highest BCUT2D eigenvalue weighted by atomic mass is 16.6. The van der Waals surface area contributed by atoms with Crippen LogP contribution in [0.25, 0.3) is 11.1 Å². The van der Waals surface area contributed by atoms with Crippen molar-refractivity contribution in [3.05, 3.63) is 60.2 Å². The van der Waals surface area contributed by atoms with E-state index in [2.05, 4.69) is 5.32 Å². The first-order chi connectivity index (χ1) is 12.2. The molecule has 0 spiro atoms. The SMILES string of the molecule is CC(=O)O[C@@H](Cc1ccc(-c2ccccc2)cc1)NC(=O)OC(C)(C)C. The lowest BCUT2D eigenvalue weighted by molar-refractivity contribution is -0.147. The van der Waals surface area contributed by atoms with Crippen LogP contribution in [0.4, 0.5) is 4.79 Å². The van der Waals surface area contributed by atoms with Gasteiger partial charge in [-0.25, -0.2) is 4.79 Å². The number of hydrogen-bond acceptors (Lipinski definition) is 4. The second-order valence-corrected chi connectivity index (χ2v) is 7.01. The number of benzene rings is 2. The van der Waals surface area contributed by atoms with E-state index < -0.39 is 23.9 Å². The molecule has 2 aromatic carbocycles. The van der Waals surface area contributed by atoms with Crippen LogP contribution in [0.2, 0.25) is 0 Å². The number of rotatable bonds is 5. The minimum Gasteiger partial charge on any atom is -0.444 e. The molecule has 26 heavy (non-hydrogen) atoms. The summed E-state index contributed by atoms with van der Waals surface area (Å²) in [6, 6.07) is 18.0. The highest BCUT2D eigenvalue weighted by molar-refractivity contribution is 5.70. The predicted octanol–water partition coefficient (Wildman–Crippen LogP) is 4.31. The molecule has 1 amide bonds. The molecule has 0 heterocycles. The molecule has 0 radical (unpaired) electrons. The Hall–Kier alpha value is -2.82. The lowest BCUT2D eigenvalue weighted by atomic mass is 10.0. The van der Waals surface area contributed by atoms with E-state index in [9.17, 15) is 9.59 Å². The van der Waals surface area contributed by atoms with E-state index >= 15 is 0 Å². The molecule has 0 saturated heterocycles. The number of hydrogen-bond donors (Lipinski definition) is 1. The van der Waals surface area contributed by atoms with Gasteiger partial charge in [0.1, 0.15) is 5.60 Å². The van der Waals surface area contributed by atoms with Crippen molar-refractivity contribution in [3.8, 4) is 11.1 Å². The van der Waals surface area contributed by atoms with Gasteiger partial charge in [0.05, 0.1) is 0 Å². The molecule has 5 heteroatoms. The van der Waals surface area contributed by atoms with Crippen LogP contribution in [0.5, 0.6) is 0 Å². The average Bonchev–Trinajstić information content (AvgIpc) is 2.54. The van der Waals surface area contributed by atoms with Crippen molar-refractivity contribution in [1.29, 1.82) is 0 Å². The highest BCUT2D eigenvalue weighted by Gasteiger charge is 2.21. The van der Waals surface area contributed by atoms with Gasteiger partial charge < -0.3 is 9.47 Å². The van der Waals surface area contributed by atoms with Gasteiger partial charge in [0.2, 0.25) is 0 Å². The predicted molar refractivity (Wildman–Crippen MR) is 101 cm³/mol. The Morgan fingerprint density at radius 2 is 1.54 bits per heavy atom. The lowest BCUT2D eigenvalue weighted by Crippen LogP contribution is -2.42. The average molecular weight is 355 g/mol. The summed E-state index contributed by atoms with van der Waals surface area (Å²) >= 11 is 0. The third kappa shape index (κ3) is 6.59. The number of nitrogens with one attached hydrogen (secondary N) is 1. The molecule has 0 fully saturated rings.